The zero-order valence-corrected chi connectivity index (χ0v) is 20.5. The van der Waals surface area contributed by atoms with Crippen molar-refractivity contribution in [3.05, 3.63) is 77.7 Å². The molecule has 35 heavy (non-hydrogen) atoms. The zero-order valence-electron chi connectivity index (χ0n) is 18.1. The number of carbonyl (C=O) groups is 1. The molecule has 1 aliphatic carbocycles. The summed E-state index contributed by atoms with van der Waals surface area (Å²) in [7, 11) is 0. The molecular formula is C25H16F6IrNO2-. The molecule has 1 radical (unpaired) electrons. The number of benzene rings is 3. The van der Waals surface area contributed by atoms with Gasteiger partial charge in [0.1, 0.15) is 0 Å². The molecule has 10 heteroatoms. The molecule has 0 unspecified atom stereocenters. The van der Waals surface area contributed by atoms with E-state index in [9.17, 15) is 31.1 Å². The van der Waals surface area contributed by atoms with E-state index in [4.69, 9.17) is 5.11 Å². The molecule has 0 saturated heterocycles. The van der Waals surface area contributed by atoms with Crippen LogP contribution in [-0.2, 0) is 30.3 Å². The summed E-state index contributed by atoms with van der Waals surface area (Å²) in [5.41, 5.74) is 3.94. The van der Waals surface area contributed by atoms with Gasteiger partial charge in [0.05, 0.1) is 0 Å². The van der Waals surface area contributed by atoms with E-state index >= 15 is 0 Å². The summed E-state index contributed by atoms with van der Waals surface area (Å²) in [6, 6.07) is 18.5. The number of nitrogens with zero attached hydrogens (tertiary/aromatic N) is 1. The average Bonchev–Trinajstić information content (AvgIpc) is 3.00. The van der Waals surface area contributed by atoms with Crippen molar-refractivity contribution >= 4 is 38.2 Å². The van der Waals surface area contributed by atoms with Crippen molar-refractivity contribution in [3.63, 3.8) is 0 Å². The van der Waals surface area contributed by atoms with Gasteiger partial charge in [-0.1, -0.05) is 42.8 Å². The second-order valence-electron chi connectivity index (χ2n) is 8.28. The molecule has 5 rings (SSSR count). The van der Waals surface area contributed by atoms with Gasteiger partial charge in [-0.3, -0.25) is 4.79 Å². The van der Waals surface area contributed by atoms with Crippen LogP contribution in [0.3, 0.4) is 0 Å². The predicted molar refractivity (Wildman–Crippen MR) is 116 cm³/mol. The summed E-state index contributed by atoms with van der Waals surface area (Å²) in [5, 5.41) is 14.4. The Balaban J connectivity index is 0.000000216. The fraction of sp³-hybridized carbons (Fsp3) is 0.200. The van der Waals surface area contributed by atoms with Crippen molar-refractivity contribution in [1.29, 1.82) is 0 Å². The van der Waals surface area contributed by atoms with E-state index in [0.29, 0.717) is 0 Å². The minimum Gasteiger partial charge on any atom is -0.504 e. The first kappa shape index (κ1) is 26.6. The Morgan fingerprint density at radius 3 is 2.20 bits per heavy atom. The van der Waals surface area contributed by atoms with Gasteiger partial charge in [0.2, 0.25) is 5.76 Å². The Morgan fingerprint density at radius 1 is 0.943 bits per heavy atom. The third kappa shape index (κ3) is 4.52. The molecule has 3 nitrogen and oxygen atoms in total. The summed E-state index contributed by atoms with van der Waals surface area (Å²) in [5.74, 6) is -5.34. The summed E-state index contributed by atoms with van der Waals surface area (Å²) < 4.78 is 68.1. The van der Waals surface area contributed by atoms with Gasteiger partial charge in [-0.2, -0.15) is 26.3 Å². The maximum absolute atomic E-state index is 11.4. The Bertz CT molecular complexity index is 1400. The van der Waals surface area contributed by atoms with Gasteiger partial charge >= 0.3 is 12.4 Å². The first-order valence-corrected chi connectivity index (χ1v) is 9.98. The van der Waals surface area contributed by atoms with E-state index in [-0.39, 0.29) is 25.5 Å². The van der Waals surface area contributed by atoms with Crippen molar-refractivity contribution in [1.82, 2.24) is 4.98 Å². The van der Waals surface area contributed by atoms with Gasteiger partial charge < -0.3 is 10.1 Å². The minimum atomic E-state index is -5.42. The van der Waals surface area contributed by atoms with E-state index < -0.39 is 30.0 Å². The molecule has 1 aliphatic rings. The van der Waals surface area contributed by atoms with Gasteiger partial charge in [-0.25, -0.2) is 0 Å². The second kappa shape index (κ2) is 8.91. The number of ketones is 1. The number of allylic oxidation sites excluding steroid dienone is 2. The molecule has 0 spiro atoms. The number of rotatable bonds is 1. The molecule has 185 valence electrons. The summed E-state index contributed by atoms with van der Waals surface area (Å²) in [4.78, 5) is 14.5. The maximum atomic E-state index is 11.4. The maximum Gasteiger partial charge on any atom is 0.454 e. The average molecular weight is 669 g/mol. The monoisotopic (exact) mass is 669 g/mol. The first-order chi connectivity index (χ1) is 15.7. The van der Waals surface area contributed by atoms with Crippen molar-refractivity contribution < 1.29 is 56.3 Å². The number of alkyl halides is 6. The fourth-order valence-electron chi connectivity index (χ4n) is 4.28. The quantitative estimate of drug-likeness (QED) is 0.0775. The van der Waals surface area contributed by atoms with E-state index in [1.54, 1.807) is 0 Å². The van der Waals surface area contributed by atoms with Crippen molar-refractivity contribution in [2.24, 2.45) is 0 Å². The molecule has 0 aliphatic heterocycles. The molecule has 4 aromatic rings. The van der Waals surface area contributed by atoms with Crippen LogP contribution in [0.25, 0.3) is 32.4 Å². The number of fused-ring (bicyclic) bond motifs is 3. The third-order valence-corrected chi connectivity index (χ3v) is 5.83. The topological polar surface area (TPSA) is 50.2 Å². The second-order valence-corrected chi connectivity index (χ2v) is 8.28. The standard InChI is InChI=1S/C20H14N.C5H2F6O2.Ir/c1-20(2)15-9-5-8-13-12-6-3-4-7-14(12)19-18(17(13)15)16(20)10-11-21-19;6-4(7,8)2(12)1-3(13)5(9,10)11;/h3-6,8-11H,1-2H3;1,12H;/q-1;;/b;2-1-;. The molecule has 0 atom stereocenters. The molecule has 0 bridgehead atoms. The van der Waals surface area contributed by atoms with Gasteiger partial charge in [-0.05, 0) is 33.5 Å². The van der Waals surface area contributed by atoms with Crippen LogP contribution < -0.4 is 0 Å². The number of aromatic nitrogens is 1. The molecular weight excluding hydrogens is 652 g/mol. The van der Waals surface area contributed by atoms with Crippen molar-refractivity contribution in [3.8, 4) is 0 Å². The van der Waals surface area contributed by atoms with Crippen LogP contribution in [0.2, 0.25) is 0 Å². The Hall–Kier alpha value is -2.97. The van der Waals surface area contributed by atoms with Crippen LogP contribution in [0.5, 0.6) is 0 Å². The van der Waals surface area contributed by atoms with Crippen LogP contribution >= 0.6 is 0 Å². The molecule has 1 N–H and O–H groups in total. The number of hydrogen-bond acceptors (Lipinski definition) is 3. The van der Waals surface area contributed by atoms with Crippen LogP contribution in [-0.4, -0.2) is 28.2 Å². The van der Waals surface area contributed by atoms with Crippen LogP contribution in [0.15, 0.2) is 60.5 Å². The molecule has 1 heterocycles. The summed E-state index contributed by atoms with van der Waals surface area (Å²) in [6.07, 6.45) is -9.74. The number of carbonyl (C=O) groups excluding carboxylic acids is 1. The van der Waals surface area contributed by atoms with Crippen molar-refractivity contribution in [2.75, 3.05) is 0 Å². The smallest absolute Gasteiger partial charge is 0.454 e. The summed E-state index contributed by atoms with van der Waals surface area (Å²) in [6.45, 7) is 4.62. The van der Waals surface area contributed by atoms with Gasteiger partial charge in [0.25, 0.3) is 5.78 Å². The molecule has 0 saturated carbocycles. The number of pyridine rings is 1. The van der Waals surface area contributed by atoms with E-state index in [0.717, 1.165) is 10.9 Å². The van der Waals surface area contributed by atoms with E-state index in [1.807, 2.05) is 12.3 Å². The van der Waals surface area contributed by atoms with Crippen molar-refractivity contribution in [2.45, 2.75) is 31.6 Å². The predicted octanol–water partition coefficient (Wildman–Crippen LogP) is 7.10. The molecule has 0 fully saturated rings. The number of hydrogen-bond donors (Lipinski definition) is 1. The van der Waals surface area contributed by atoms with Gasteiger partial charge in [0, 0.05) is 37.8 Å². The number of aliphatic hydroxyl groups is 1. The first-order valence-electron chi connectivity index (χ1n) is 9.98. The zero-order chi connectivity index (χ0) is 25.1. The van der Waals surface area contributed by atoms with E-state index in [2.05, 4.69) is 61.3 Å². The van der Waals surface area contributed by atoms with Crippen LogP contribution in [0.1, 0.15) is 25.0 Å². The fourth-order valence-corrected chi connectivity index (χ4v) is 4.28. The van der Waals surface area contributed by atoms with Crippen LogP contribution in [0, 0.1) is 6.07 Å². The van der Waals surface area contributed by atoms with Gasteiger partial charge in [0.15, 0.2) is 0 Å². The number of halogens is 6. The summed E-state index contributed by atoms with van der Waals surface area (Å²) >= 11 is 0. The third-order valence-electron chi connectivity index (χ3n) is 5.83. The Morgan fingerprint density at radius 2 is 1.57 bits per heavy atom. The largest absolute Gasteiger partial charge is 0.504 e. The number of aliphatic hydroxyl groups excluding tert-OH is 1. The van der Waals surface area contributed by atoms with E-state index in [1.165, 1.54) is 32.7 Å². The molecule has 0 amide bonds. The Kier molecular flexibility index (Phi) is 6.78. The SMILES string of the molecule is CC1(C)c2cccc3c4ccc[c-]c4c4nccc1c4c23.O=C(/C=C(\O)C(F)(F)F)C(F)(F)F.[Ir]. The Labute approximate surface area is 208 Å². The minimum absolute atomic E-state index is 0. The normalized spacial score (nSPS) is 14.7. The molecule has 3 aromatic carbocycles. The van der Waals surface area contributed by atoms with Gasteiger partial charge in [-0.15, -0.1) is 29.7 Å². The van der Waals surface area contributed by atoms with Crippen LogP contribution in [0.4, 0.5) is 26.3 Å². The molecule has 1 aromatic heterocycles.